The third-order valence-electron chi connectivity index (χ3n) is 3.55. The Bertz CT molecular complexity index is 942. The first kappa shape index (κ1) is 13.7. The van der Waals surface area contributed by atoms with E-state index in [4.69, 9.17) is 4.98 Å². The monoisotopic (exact) mass is 369 g/mol. The van der Waals surface area contributed by atoms with Crippen LogP contribution in [0, 0.1) is 0 Å². The van der Waals surface area contributed by atoms with Crippen molar-refractivity contribution in [3.8, 4) is 10.7 Å². The summed E-state index contributed by atoms with van der Waals surface area (Å²) >= 11 is 5.23. The van der Waals surface area contributed by atoms with E-state index >= 15 is 0 Å². The van der Waals surface area contributed by atoms with E-state index in [0.29, 0.717) is 0 Å². The summed E-state index contributed by atoms with van der Waals surface area (Å²) in [5.74, 6) is 0. The van der Waals surface area contributed by atoms with Gasteiger partial charge in [0.1, 0.15) is 10.7 Å². The number of aromatic amines is 1. The van der Waals surface area contributed by atoms with Crippen LogP contribution in [0.25, 0.3) is 21.6 Å². The molecule has 0 aliphatic rings. The van der Waals surface area contributed by atoms with Crippen LogP contribution in [0.4, 0.5) is 0 Å². The number of hydrogen-bond acceptors (Lipinski definition) is 3. The van der Waals surface area contributed by atoms with E-state index in [9.17, 15) is 0 Å². The molecule has 22 heavy (non-hydrogen) atoms. The van der Waals surface area contributed by atoms with Crippen molar-refractivity contribution in [2.75, 3.05) is 0 Å². The number of fused-ring (bicyclic) bond motifs is 1. The molecular weight excluding hydrogens is 358 g/mol. The highest BCUT2D eigenvalue weighted by molar-refractivity contribution is 9.10. The predicted octanol–water partition coefficient (Wildman–Crippen LogP) is 5.04. The lowest BCUT2D eigenvalue weighted by Crippen LogP contribution is -1.90. The summed E-state index contributed by atoms with van der Waals surface area (Å²) in [4.78, 5) is 4.75. The quantitative estimate of drug-likeness (QED) is 0.549. The van der Waals surface area contributed by atoms with Crippen molar-refractivity contribution in [2.45, 2.75) is 6.42 Å². The van der Waals surface area contributed by atoms with Crippen molar-refractivity contribution in [1.29, 1.82) is 0 Å². The van der Waals surface area contributed by atoms with E-state index in [1.807, 2.05) is 24.3 Å². The zero-order chi connectivity index (χ0) is 14.9. The van der Waals surface area contributed by atoms with Crippen LogP contribution in [0.2, 0.25) is 0 Å². The lowest BCUT2D eigenvalue weighted by molar-refractivity contribution is 1.08. The zero-order valence-electron chi connectivity index (χ0n) is 11.6. The van der Waals surface area contributed by atoms with E-state index in [0.717, 1.165) is 38.2 Å². The largest absolute Gasteiger partial charge is 0.277 e. The van der Waals surface area contributed by atoms with Crippen LogP contribution in [0.3, 0.4) is 0 Å². The van der Waals surface area contributed by atoms with Crippen LogP contribution in [-0.4, -0.2) is 15.2 Å². The van der Waals surface area contributed by atoms with Gasteiger partial charge in [-0.25, -0.2) is 4.98 Å². The molecule has 0 bridgehead atoms. The first-order chi connectivity index (χ1) is 10.8. The van der Waals surface area contributed by atoms with Crippen molar-refractivity contribution in [3.05, 3.63) is 69.6 Å². The van der Waals surface area contributed by atoms with Gasteiger partial charge in [0.15, 0.2) is 0 Å². The molecule has 0 spiro atoms. The summed E-state index contributed by atoms with van der Waals surface area (Å²) in [7, 11) is 0. The summed E-state index contributed by atoms with van der Waals surface area (Å²) in [6.45, 7) is 0. The van der Waals surface area contributed by atoms with E-state index in [1.54, 1.807) is 11.3 Å². The second-order valence-electron chi connectivity index (χ2n) is 5.03. The minimum atomic E-state index is 0.820. The SMILES string of the molecule is Brc1ccccc1Cc1csc(-c2n[nH]c3ccccc23)n1. The number of benzene rings is 2. The molecule has 2 aromatic heterocycles. The molecule has 3 nitrogen and oxygen atoms in total. The Morgan fingerprint density at radius 3 is 2.77 bits per heavy atom. The van der Waals surface area contributed by atoms with E-state index in [2.05, 4.69) is 55.8 Å². The van der Waals surface area contributed by atoms with Gasteiger partial charge >= 0.3 is 0 Å². The molecule has 0 fully saturated rings. The van der Waals surface area contributed by atoms with Gasteiger partial charge in [0.05, 0.1) is 11.2 Å². The number of thiazole rings is 1. The van der Waals surface area contributed by atoms with E-state index in [1.165, 1.54) is 5.56 Å². The van der Waals surface area contributed by atoms with Crippen LogP contribution in [-0.2, 0) is 6.42 Å². The molecule has 0 amide bonds. The number of aromatic nitrogens is 3. The molecule has 5 heteroatoms. The summed E-state index contributed by atoms with van der Waals surface area (Å²) in [5, 5.41) is 11.7. The highest BCUT2D eigenvalue weighted by atomic mass is 79.9. The second kappa shape index (κ2) is 5.66. The van der Waals surface area contributed by atoms with Gasteiger partial charge in [-0.15, -0.1) is 11.3 Å². The molecule has 2 heterocycles. The van der Waals surface area contributed by atoms with Gasteiger partial charge in [-0.05, 0) is 17.7 Å². The third-order valence-corrected chi connectivity index (χ3v) is 5.23. The minimum absolute atomic E-state index is 0.820. The van der Waals surface area contributed by atoms with Crippen LogP contribution in [0.5, 0.6) is 0 Å². The summed E-state index contributed by atoms with van der Waals surface area (Å²) in [6.07, 6.45) is 0.820. The maximum atomic E-state index is 4.75. The Balaban J connectivity index is 1.68. The zero-order valence-corrected chi connectivity index (χ0v) is 14.0. The van der Waals surface area contributed by atoms with Crippen molar-refractivity contribution < 1.29 is 0 Å². The standard InChI is InChI=1S/C17H12BrN3S/c18-14-7-3-1-5-11(14)9-12-10-22-17(19-12)16-13-6-2-4-8-15(13)20-21-16/h1-8,10H,9H2,(H,20,21). The van der Waals surface area contributed by atoms with Crippen molar-refractivity contribution in [3.63, 3.8) is 0 Å². The summed E-state index contributed by atoms with van der Waals surface area (Å²) < 4.78 is 1.12. The second-order valence-corrected chi connectivity index (χ2v) is 6.74. The molecule has 0 saturated heterocycles. The first-order valence-corrected chi connectivity index (χ1v) is 8.60. The number of hydrogen-bond donors (Lipinski definition) is 1. The maximum Gasteiger partial charge on any atom is 0.144 e. The van der Waals surface area contributed by atoms with Gasteiger partial charge in [0.2, 0.25) is 0 Å². The molecule has 0 radical (unpaired) electrons. The molecule has 0 atom stereocenters. The molecule has 0 unspecified atom stereocenters. The molecular formula is C17H12BrN3S. The van der Waals surface area contributed by atoms with Crippen LogP contribution in [0.15, 0.2) is 58.4 Å². The Morgan fingerprint density at radius 2 is 1.86 bits per heavy atom. The van der Waals surface area contributed by atoms with Crippen molar-refractivity contribution in [1.82, 2.24) is 15.2 Å². The lowest BCUT2D eigenvalue weighted by atomic mass is 10.1. The van der Waals surface area contributed by atoms with Gasteiger partial charge in [0.25, 0.3) is 0 Å². The molecule has 0 aliphatic carbocycles. The normalized spacial score (nSPS) is 11.1. The number of rotatable bonds is 3. The predicted molar refractivity (Wildman–Crippen MR) is 94.1 cm³/mol. The van der Waals surface area contributed by atoms with Gasteiger partial charge in [-0.3, -0.25) is 5.10 Å². The van der Waals surface area contributed by atoms with Crippen LogP contribution < -0.4 is 0 Å². The molecule has 4 aromatic rings. The molecule has 4 rings (SSSR count). The Morgan fingerprint density at radius 1 is 1.05 bits per heavy atom. The molecule has 0 aliphatic heterocycles. The van der Waals surface area contributed by atoms with E-state index < -0.39 is 0 Å². The average Bonchev–Trinajstić information content (AvgIpc) is 3.16. The number of halogens is 1. The van der Waals surface area contributed by atoms with Gasteiger partial charge in [-0.2, -0.15) is 5.10 Å². The van der Waals surface area contributed by atoms with Gasteiger partial charge < -0.3 is 0 Å². The highest BCUT2D eigenvalue weighted by Gasteiger charge is 2.12. The lowest BCUT2D eigenvalue weighted by Gasteiger charge is -2.00. The van der Waals surface area contributed by atoms with Crippen molar-refractivity contribution >= 4 is 38.2 Å². The molecule has 2 aromatic carbocycles. The van der Waals surface area contributed by atoms with Crippen LogP contribution >= 0.6 is 27.3 Å². The fourth-order valence-corrected chi connectivity index (χ4v) is 3.71. The number of nitrogens with zero attached hydrogens (tertiary/aromatic N) is 2. The maximum absolute atomic E-state index is 4.75. The minimum Gasteiger partial charge on any atom is -0.277 e. The Hall–Kier alpha value is -1.98. The molecule has 0 saturated carbocycles. The first-order valence-electron chi connectivity index (χ1n) is 6.92. The summed E-state index contributed by atoms with van der Waals surface area (Å²) in [5.41, 5.74) is 4.28. The highest BCUT2D eigenvalue weighted by Crippen LogP contribution is 2.29. The van der Waals surface area contributed by atoms with Crippen LogP contribution in [0.1, 0.15) is 11.3 Å². The average molecular weight is 370 g/mol. The van der Waals surface area contributed by atoms with Crippen molar-refractivity contribution in [2.24, 2.45) is 0 Å². The molecule has 1 N–H and O–H groups in total. The molecule has 108 valence electrons. The third kappa shape index (κ3) is 2.46. The fraction of sp³-hybridized carbons (Fsp3) is 0.0588. The topological polar surface area (TPSA) is 41.6 Å². The Kier molecular flexibility index (Phi) is 3.52. The van der Waals surface area contributed by atoms with E-state index in [-0.39, 0.29) is 0 Å². The fourth-order valence-electron chi connectivity index (χ4n) is 2.46. The number of H-pyrrole nitrogens is 1. The van der Waals surface area contributed by atoms with Gasteiger partial charge in [0, 0.05) is 21.7 Å². The number of para-hydroxylation sites is 1. The van der Waals surface area contributed by atoms with Gasteiger partial charge in [-0.1, -0.05) is 52.3 Å². The smallest absolute Gasteiger partial charge is 0.144 e. The summed E-state index contributed by atoms with van der Waals surface area (Å²) in [6, 6.07) is 16.4. The Labute approximate surface area is 140 Å². The number of nitrogens with one attached hydrogen (secondary N) is 1.